The summed E-state index contributed by atoms with van der Waals surface area (Å²) >= 11 is 0. The van der Waals surface area contributed by atoms with Crippen LogP contribution >= 0.6 is 34.0 Å². The minimum absolute atomic E-state index is 0. The van der Waals surface area contributed by atoms with E-state index in [1.54, 1.807) is 24.3 Å². The van der Waals surface area contributed by atoms with Crippen LogP contribution in [0.25, 0.3) is 0 Å². The number of amides is 4. The Morgan fingerprint density at radius 1 is 0.476 bits per heavy atom. The van der Waals surface area contributed by atoms with Crippen molar-refractivity contribution in [3.63, 3.8) is 0 Å². The minimum atomic E-state index is -0.158. The first kappa shape index (κ1) is 32.5. The van der Waals surface area contributed by atoms with Gasteiger partial charge in [0.15, 0.2) is 0 Å². The first-order chi connectivity index (χ1) is 19.5. The average molecular weight is 705 g/mol. The highest BCUT2D eigenvalue weighted by Crippen LogP contribution is 2.33. The summed E-state index contributed by atoms with van der Waals surface area (Å²) in [5.41, 5.74) is 2.12. The summed E-state index contributed by atoms with van der Waals surface area (Å²) < 4.78 is 0. The van der Waals surface area contributed by atoms with Crippen LogP contribution in [0.1, 0.15) is 80.0 Å². The van der Waals surface area contributed by atoms with Crippen molar-refractivity contribution in [2.45, 2.75) is 38.5 Å². The molecule has 4 aliphatic heterocycles. The van der Waals surface area contributed by atoms with E-state index < -0.39 is 0 Å². The molecule has 0 atom stereocenters. The maximum Gasteiger partial charge on any atom is 0.261 e. The van der Waals surface area contributed by atoms with Crippen LogP contribution in [0.5, 0.6) is 0 Å². The van der Waals surface area contributed by atoms with Gasteiger partial charge in [0.1, 0.15) is 0 Å². The van der Waals surface area contributed by atoms with Crippen LogP contribution in [0.15, 0.2) is 48.5 Å². The summed E-state index contributed by atoms with van der Waals surface area (Å²) in [5, 5.41) is 0. The molecule has 226 valence electrons. The number of likely N-dealkylation sites (tertiary alicyclic amines) is 2. The molecule has 42 heavy (non-hydrogen) atoms. The Balaban J connectivity index is 0.00000202. The maximum atomic E-state index is 12.6. The Bertz CT molecular complexity index is 1140. The van der Waals surface area contributed by atoms with Gasteiger partial charge in [-0.3, -0.25) is 29.0 Å². The summed E-state index contributed by atoms with van der Waals surface area (Å²) in [6.45, 7) is 7.17. The molecule has 0 unspecified atom stereocenters. The number of hydrogen-bond acceptors (Lipinski definition) is 6. The van der Waals surface area contributed by atoms with Crippen LogP contribution in [-0.2, 0) is 0 Å². The van der Waals surface area contributed by atoms with Gasteiger partial charge < -0.3 is 9.80 Å². The highest BCUT2D eigenvalue weighted by molar-refractivity contribution is 8.93. The van der Waals surface area contributed by atoms with Crippen molar-refractivity contribution in [2.24, 2.45) is 11.8 Å². The standard InChI is InChI=1S/C32H38N4O4.2BrH/c37-29-25-7-1-2-8-26(25)30(38)35(29)17-5-15-33-19-11-23(12-20-33)24-13-21-34(22-14-24)16-6-18-36-31(39)27-9-3-4-10-28(27)32(36)40;;/h1-4,7-10,23-24H,5-6,11-22H2;2*1H. The van der Waals surface area contributed by atoms with Crippen LogP contribution in [-0.4, -0.2) is 95.6 Å². The van der Waals surface area contributed by atoms with Gasteiger partial charge in [-0.1, -0.05) is 24.3 Å². The molecule has 0 radical (unpaired) electrons. The van der Waals surface area contributed by atoms with Gasteiger partial charge in [-0.15, -0.1) is 34.0 Å². The Morgan fingerprint density at radius 2 is 0.762 bits per heavy atom. The molecule has 6 rings (SSSR count). The fourth-order valence-corrected chi connectivity index (χ4v) is 7.09. The summed E-state index contributed by atoms with van der Waals surface area (Å²) in [6.07, 6.45) is 6.51. The molecule has 0 saturated carbocycles. The summed E-state index contributed by atoms with van der Waals surface area (Å²) in [6, 6.07) is 14.2. The highest BCUT2D eigenvalue weighted by atomic mass is 79.9. The molecule has 2 aromatic rings. The fraction of sp³-hybridized carbons (Fsp3) is 0.500. The molecule has 2 saturated heterocycles. The molecule has 8 nitrogen and oxygen atoms in total. The third kappa shape index (κ3) is 6.56. The molecule has 2 fully saturated rings. The van der Waals surface area contributed by atoms with E-state index in [0.29, 0.717) is 35.3 Å². The number of fused-ring (bicyclic) bond motifs is 2. The molecule has 0 spiro atoms. The van der Waals surface area contributed by atoms with Gasteiger partial charge in [0.25, 0.3) is 23.6 Å². The SMILES string of the molecule is Br.Br.O=C1c2ccccc2C(=O)N1CCCN1CCC(C2CCN(CCCN3C(=O)c4ccccc4C3=O)CC2)CC1. The van der Waals surface area contributed by atoms with Crippen molar-refractivity contribution in [1.82, 2.24) is 19.6 Å². The zero-order valence-corrected chi connectivity index (χ0v) is 27.3. The lowest BCUT2D eigenvalue weighted by Gasteiger charge is -2.40. The van der Waals surface area contributed by atoms with E-state index in [2.05, 4.69) is 9.80 Å². The number of benzene rings is 2. The van der Waals surface area contributed by atoms with Crippen molar-refractivity contribution in [1.29, 1.82) is 0 Å². The monoisotopic (exact) mass is 702 g/mol. The topological polar surface area (TPSA) is 81.2 Å². The molecule has 4 amide bonds. The molecular weight excluding hydrogens is 664 g/mol. The first-order valence-electron chi connectivity index (χ1n) is 14.9. The van der Waals surface area contributed by atoms with Crippen LogP contribution in [0.4, 0.5) is 0 Å². The van der Waals surface area contributed by atoms with Crippen molar-refractivity contribution < 1.29 is 19.2 Å². The second-order valence-corrected chi connectivity index (χ2v) is 11.7. The molecule has 4 heterocycles. The number of imide groups is 2. The van der Waals surface area contributed by atoms with Gasteiger partial charge in [-0.25, -0.2) is 0 Å². The largest absolute Gasteiger partial charge is 0.303 e. The smallest absolute Gasteiger partial charge is 0.261 e. The lowest BCUT2D eigenvalue weighted by atomic mass is 9.79. The zero-order valence-electron chi connectivity index (χ0n) is 23.9. The third-order valence-corrected chi connectivity index (χ3v) is 9.40. The fourth-order valence-electron chi connectivity index (χ4n) is 7.09. The molecule has 4 aliphatic rings. The molecule has 2 aromatic carbocycles. The maximum absolute atomic E-state index is 12.6. The quantitative estimate of drug-likeness (QED) is 0.345. The lowest BCUT2D eigenvalue weighted by molar-refractivity contribution is 0.0614. The molecular formula is C32H40Br2N4O4. The van der Waals surface area contributed by atoms with Gasteiger partial charge in [0.05, 0.1) is 22.3 Å². The van der Waals surface area contributed by atoms with E-state index in [4.69, 9.17) is 0 Å². The van der Waals surface area contributed by atoms with E-state index >= 15 is 0 Å². The Hall–Kier alpha value is -2.40. The lowest BCUT2D eigenvalue weighted by Crippen LogP contribution is -2.42. The predicted molar refractivity (Wildman–Crippen MR) is 172 cm³/mol. The molecule has 0 bridgehead atoms. The van der Waals surface area contributed by atoms with Crippen LogP contribution in [0, 0.1) is 11.8 Å². The van der Waals surface area contributed by atoms with Crippen LogP contribution in [0.3, 0.4) is 0 Å². The third-order valence-electron chi connectivity index (χ3n) is 9.40. The number of halogens is 2. The van der Waals surface area contributed by atoms with Gasteiger partial charge in [-0.05, 0) is 114 Å². The Labute approximate surface area is 268 Å². The summed E-state index contributed by atoms with van der Waals surface area (Å²) in [7, 11) is 0. The Morgan fingerprint density at radius 3 is 1.05 bits per heavy atom. The number of nitrogens with zero attached hydrogens (tertiary/aromatic N) is 4. The van der Waals surface area contributed by atoms with Gasteiger partial charge in [0.2, 0.25) is 0 Å². The molecule has 10 heteroatoms. The van der Waals surface area contributed by atoms with Gasteiger partial charge >= 0.3 is 0 Å². The van der Waals surface area contributed by atoms with E-state index in [1.807, 2.05) is 24.3 Å². The summed E-state index contributed by atoms with van der Waals surface area (Å²) in [5.74, 6) is 0.910. The number of hydrogen-bond donors (Lipinski definition) is 0. The second-order valence-electron chi connectivity index (χ2n) is 11.7. The van der Waals surface area contributed by atoms with E-state index in [1.165, 1.54) is 35.5 Å². The second kappa shape index (κ2) is 14.4. The van der Waals surface area contributed by atoms with Crippen LogP contribution in [0.2, 0.25) is 0 Å². The number of carbonyl (C=O) groups excluding carboxylic acids is 4. The van der Waals surface area contributed by atoms with Crippen molar-refractivity contribution in [3.05, 3.63) is 70.8 Å². The number of piperidine rings is 2. The average Bonchev–Trinajstić information content (AvgIpc) is 3.38. The molecule has 0 aromatic heterocycles. The Kier molecular flexibility index (Phi) is 11.1. The number of carbonyl (C=O) groups is 4. The van der Waals surface area contributed by atoms with Gasteiger partial charge in [-0.2, -0.15) is 0 Å². The predicted octanol–water partition coefficient (Wildman–Crippen LogP) is 4.94. The van der Waals surface area contributed by atoms with Crippen molar-refractivity contribution in [3.8, 4) is 0 Å². The van der Waals surface area contributed by atoms with Gasteiger partial charge in [0, 0.05) is 13.1 Å². The first-order valence-corrected chi connectivity index (χ1v) is 14.9. The van der Waals surface area contributed by atoms with E-state index in [-0.39, 0.29) is 57.6 Å². The normalized spacial score (nSPS) is 20.0. The van der Waals surface area contributed by atoms with Crippen LogP contribution < -0.4 is 0 Å². The molecule has 0 aliphatic carbocycles. The highest BCUT2D eigenvalue weighted by Gasteiger charge is 2.36. The minimum Gasteiger partial charge on any atom is -0.303 e. The van der Waals surface area contributed by atoms with Crippen molar-refractivity contribution >= 4 is 57.6 Å². The van der Waals surface area contributed by atoms with E-state index in [0.717, 1.165) is 63.9 Å². The zero-order chi connectivity index (χ0) is 27.6. The van der Waals surface area contributed by atoms with E-state index in [9.17, 15) is 19.2 Å². The molecule has 0 N–H and O–H groups in total. The summed E-state index contributed by atoms with van der Waals surface area (Å²) in [4.78, 5) is 58.1. The number of rotatable bonds is 9. The van der Waals surface area contributed by atoms with Crippen molar-refractivity contribution in [2.75, 3.05) is 52.4 Å².